The van der Waals surface area contributed by atoms with E-state index in [1.165, 1.54) is 6.07 Å². The Morgan fingerprint density at radius 3 is 2.46 bits per heavy atom. The number of amides is 1. The quantitative estimate of drug-likeness (QED) is 0.700. The maximum atomic E-state index is 12.5. The van der Waals surface area contributed by atoms with Gasteiger partial charge in [0.1, 0.15) is 5.69 Å². The number of carbonyl (C=O) groups is 1. The summed E-state index contributed by atoms with van der Waals surface area (Å²) in [7, 11) is -3.95. The highest BCUT2D eigenvalue weighted by atomic mass is 32.2. The maximum absolute atomic E-state index is 12.5. The highest BCUT2D eigenvalue weighted by Crippen LogP contribution is 2.28. The molecular formula is C18H14F3N3O3S. The topological polar surface area (TPSA) is 89.0 Å². The van der Waals surface area contributed by atoms with Gasteiger partial charge >= 0.3 is 6.18 Å². The molecule has 0 fully saturated rings. The second-order valence-electron chi connectivity index (χ2n) is 5.85. The van der Waals surface area contributed by atoms with E-state index in [1.807, 2.05) is 12.1 Å². The van der Waals surface area contributed by atoms with E-state index in [4.69, 9.17) is 0 Å². The predicted molar refractivity (Wildman–Crippen MR) is 95.4 cm³/mol. The summed E-state index contributed by atoms with van der Waals surface area (Å²) in [6.45, 7) is -0.238. The van der Waals surface area contributed by atoms with E-state index in [-0.39, 0.29) is 12.2 Å². The third-order valence-electron chi connectivity index (χ3n) is 3.87. The highest BCUT2D eigenvalue weighted by Gasteiger charge is 2.31. The van der Waals surface area contributed by atoms with Gasteiger partial charge in [-0.3, -0.25) is 4.79 Å². The van der Waals surface area contributed by atoms with E-state index < -0.39 is 38.3 Å². The zero-order valence-electron chi connectivity index (χ0n) is 14.3. The molecule has 0 aliphatic carbocycles. The van der Waals surface area contributed by atoms with Crippen molar-refractivity contribution in [2.24, 2.45) is 0 Å². The normalized spacial score (nSPS) is 12.1. The van der Waals surface area contributed by atoms with Crippen LogP contribution in [-0.2, 0) is 16.0 Å². The number of para-hydroxylation sites is 1. The second-order valence-corrected chi connectivity index (χ2v) is 7.90. The SMILES string of the molecule is O=C(NCCS(=O)(=O)c1ccc(C(F)(F)F)cn1)c1ccc2ccccc2n1. The molecule has 0 aliphatic heterocycles. The molecule has 28 heavy (non-hydrogen) atoms. The van der Waals surface area contributed by atoms with Gasteiger partial charge in [-0.2, -0.15) is 13.2 Å². The van der Waals surface area contributed by atoms with E-state index in [2.05, 4.69) is 15.3 Å². The molecule has 6 nitrogen and oxygen atoms in total. The Labute approximate surface area is 158 Å². The van der Waals surface area contributed by atoms with E-state index >= 15 is 0 Å². The average Bonchev–Trinajstić information content (AvgIpc) is 2.67. The van der Waals surface area contributed by atoms with E-state index in [9.17, 15) is 26.4 Å². The number of hydrogen-bond acceptors (Lipinski definition) is 5. The monoisotopic (exact) mass is 409 g/mol. The lowest BCUT2D eigenvalue weighted by molar-refractivity contribution is -0.137. The molecule has 10 heteroatoms. The maximum Gasteiger partial charge on any atom is 0.417 e. The Kier molecular flexibility index (Phi) is 5.32. The molecule has 3 rings (SSSR count). The molecule has 1 N–H and O–H groups in total. The molecule has 0 aliphatic rings. The Morgan fingerprint density at radius 2 is 1.79 bits per heavy atom. The largest absolute Gasteiger partial charge is 0.417 e. The lowest BCUT2D eigenvalue weighted by atomic mass is 10.2. The van der Waals surface area contributed by atoms with Gasteiger partial charge in [-0.1, -0.05) is 24.3 Å². The fourth-order valence-corrected chi connectivity index (χ4v) is 3.49. The molecule has 0 saturated heterocycles. The van der Waals surface area contributed by atoms with Crippen LogP contribution in [0.2, 0.25) is 0 Å². The zero-order chi connectivity index (χ0) is 20.4. The summed E-state index contributed by atoms with van der Waals surface area (Å²) in [6, 6.07) is 11.9. The van der Waals surface area contributed by atoms with Crippen LogP contribution in [0.4, 0.5) is 13.2 Å². The van der Waals surface area contributed by atoms with Gasteiger partial charge in [0.15, 0.2) is 14.9 Å². The Balaban J connectivity index is 1.63. The number of nitrogens with one attached hydrogen (secondary N) is 1. The molecule has 2 heterocycles. The number of pyridine rings is 2. The second kappa shape index (κ2) is 7.55. The van der Waals surface area contributed by atoms with Crippen molar-refractivity contribution >= 4 is 26.6 Å². The molecule has 0 bridgehead atoms. The smallest absolute Gasteiger partial charge is 0.350 e. The van der Waals surface area contributed by atoms with Crippen molar-refractivity contribution < 1.29 is 26.4 Å². The fourth-order valence-electron chi connectivity index (χ4n) is 2.42. The molecule has 146 valence electrons. The van der Waals surface area contributed by atoms with Crippen LogP contribution in [0.25, 0.3) is 10.9 Å². The van der Waals surface area contributed by atoms with Gasteiger partial charge < -0.3 is 5.32 Å². The first kappa shape index (κ1) is 19.7. The minimum absolute atomic E-state index is 0.128. The first-order chi connectivity index (χ1) is 13.2. The van der Waals surface area contributed by atoms with Crippen LogP contribution in [0.5, 0.6) is 0 Å². The fraction of sp³-hybridized carbons (Fsp3) is 0.167. The third-order valence-corrected chi connectivity index (χ3v) is 5.49. The van der Waals surface area contributed by atoms with E-state index in [0.717, 1.165) is 11.5 Å². The molecule has 0 saturated carbocycles. The lowest BCUT2D eigenvalue weighted by Gasteiger charge is -2.08. The number of aromatic nitrogens is 2. The molecule has 0 atom stereocenters. The molecule has 2 aromatic heterocycles. The number of halogens is 3. The van der Waals surface area contributed by atoms with Crippen LogP contribution < -0.4 is 5.32 Å². The lowest BCUT2D eigenvalue weighted by Crippen LogP contribution is -2.30. The Hall–Kier alpha value is -3.01. The first-order valence-corrected chi connectivity index (χ1v) is 9.72. The van der Waals surface area contributed by atoms with Crippen LogP contribution in [-0.4, -0.2) is 36.6 Å². The van der Waals surface area contributed by atoms with Gasteiger partial charge in [0.05, 0.1) is 16.8 Å². The molecule has 1 amide bonds. The van der Waals surface area contributed by atoms with Gasteiger partial charge in [-0.25, -0.2) is 18.4 Å². The van der Waals surface area contributed by atoms with Crippen LogP contribution >= 0.6 is 0 Å². The number of nitrogens with zero attached hydrogens (tertiary/aromatic N) is 2. The average molecular weight is 409 g/mol. The summed E-state index contributed by atoms with van der Waals surface area (Å²) in [5.41, 5.74) is -0.289. The minimum atomic E-state index is -4.60. The summed E-state index contributed by atoms with van der Waals surface area (Å²) in [5, 5.41) is 2.81. The number of carbonyl (C=O) groups excluding carboxylic acids is 1. The molecular weight excluding hydrogens is 395 g/mol. The van der Waals surface area contributed by atoms with Crippen molar-refractivity contribution in [1.82, 2.24) is 15.3 Å². The number of fused-ring (bicyclic) bond motifs is 1. The van der Waals surface area contributed by atoms with Crippen molar-refractivity contribution in [3.05, 3.63) is 66.0 Å². The number of rotatable bonds is 5. The summed E-state index contributed by atoms with van der Waals surface area (Å²) >= 11 is 0. The van der Waals surface area contributed by atoms with Gasteiger partial charge in [0, 0.05) is 18.1 Å². The van der Waals surface area contributed by atoms with Crippen molar-refractivity contribution in [1.29, 1.82) is 0 Å². The molecule has 0 radical (unpaired) electrons. The number of sulfone groups is 1. The molecule has 1 aromatic carbocycles. The van der Waals surface area contributed by atoms with Gasteiger partial charge in [0.25, 0.3) is 5.91 Å². The number of alkyl halides is 3. The number of hydrogen-bond donors (Lipinski definition) is 1. The third kappa shape index (κ3) is 4.45. The summed E-state index contributed by atoms with van der Waals surface area (Å²) < 4.78 is 61.9. The van der Waals surface area contributed by atoms with Crippen LogP contribution in [0.3, 0.4) is 0 Å². The van der Waals surface area contributed by atoms with Crippen LogP contribution in [0.1, 0.15) is 16.1 Å². The van der Waals surface area contributed by atoms with Gasteiger partial charge in [-0.15, -0.1) is 0 Å². The van der Waals surface area contributed by atoms with Crippen LogP contribution in [0, 0.1) is 0 Å². The van der Waals surface area contributed by atoms with Crippen LogP contribution in [0.15, 0.2) is 59.8 Å². The predicted octanol–water partition coefficient (Wildman–Crippen LogP) is 2.85. The Morgan fingerprint density at radius 1 is 1.04 bits per heavy atom. The van der Waals surface area contributed by atoms with Crippen molar-refractivity contribution in [2.45, 2.75) is 11.2 Å². The molecule has 0 unspecified atom stereocenters. The first-order valence-electron chi connectivity index (χ1n) is 8.07. The van der Waals surface area contributed by atoms with Crippen molar-refractivity contribution in [3.63, 3.8) is 0 Å². The number of benzene rings is 1. The summed E-state index contributed by atoms with van der Waals surface area (Å²) in [4.78, 5) is 19.7. The highest BCUT2D eigenvalue weighted by molar-refractivity contribution is 7.91. The summed E-state index contributed by atoms with van der Waals surface area (Å²) in [5.74, 6) is -1.06. The van der Waals surface area contributed by atoms with E-state index in [1.54, 1.807) is 18.2 Å². The van der Waals surface area contributed by atoms with Gasteiger partial charge in [0.2, 0.25) is 0 Å². The summed E-state index contributed by atoms with van der Waals surface area (Å²) in [6.07, 6.45) is -4.14. The standard InChI is InChI=1S/C18H14F3N3O3S/c19-18(20,21)13-6-8-16(23-11-13)28(26,27)10-9-22-17(25)15-7-5-12-3-1-2-4-14(12)24-15/h1-8,11H,9-10H2,(H,22,25). The molecule has 0 spiro atoms. The van der Waals surface area contributed by atoms with Gasteiger partial charge in [-0.05, 0) is 24.3 Å². The zero-order valence-corrected chi connectivity index (χ0v) is 15.1. The molecule has 3 aromatic rings. The van der Waals surface area contributed by atoms with Crippen molar-refractivity contribution in [3.8, 4) is 0 Å². The van der Waals surface area contributed by atoms with Crippen molar-refractivity contribution in [2.75, 3.05) is 12.3 Å². The Bertz CT molecular complexity index is 1110. The minimum Gasteiger partial charge on any atom is -0.350 e. The van der Waals surface area contributed by atoms with E-state index in [0.29, 0.717) is 17.8 Å².